The molecule has 0 spiro atoms. The minimum atomic E-state index is -4.64. The Bertz CT molecular complexity index is 1370. The third-order valence-corrected chi connectivity index (χ3v) is 6.01. The number of halogens is 3. The topological polar surface area (TPSA) is 68.3 Å². The molecule has 0 aliphatic rings. The van der Waals surface area contributed by atoms with Gasteiger partial charge in [-0.05, 0) is 60.2 Å². The van der Waals surface area contributed by atoms with Gasteiger partial charge in [0, 0.05) is 17.3 Å². The first-order valence-electron chi connectivity index (χ1n) is 9.47. The third kappa shape index (κ3) is 5.00. The van der Waals surface area contributed by atoms with Crippen LogP contribution in [-0.4, -0.2) is 13.4 Å². The van der Waals surface area contributed by atoms with Crippen molar-refractivity contribution in [2.75, 3.05) is 4.72 Å². The van der Waals surface area contributed by atoms with Gasteiger partial charge < -0.3 is 4.74 Å². The Kier molecular flexibility index (Phi) is 5.75. The molecule has 1 heterocycles. The Morgan fingerprint density at radius 1 is 0.906 bits per heavy atom. The van der Waals surface area contributed by atoms with E-state index in [9.17, 15) is 21.6 Å². The van der Waals surface area contributed by atoms with Crippen LogP contribution < -0.4 is 9.46 Å². The van der Waals surface area contributed by atoms with Gasteiger partial charge in [0.05, 0.1) is 16.0 Å². The van der Waals surface area contributed by atoms with Gasteiger partial charge in [0.1, 0.15) is 12.4 Å². The van der Waals surface area contributed by atoms with Crippen molar-refractivity contribution in [1.29, 1.82) is 0 Å². The Hall–Kier alpha value is -3.59. The number of sulfonamides is 1. The molecule has 0 radical (unpaired) electrons. The summed E-state index contributed by atoms with van der Waals surface area (Å²) in [7, 11) is -4.20. The molecule has 1 aromatic heterocycles. The first-order valence-corrected chi connectivity index (χ1v) is 11.0. The first kappa shape index (κ1) is 21.6. The lowest BCUT2D eigenvalue weighted by Crippen LogP contribution is -2.14. The molecule has 0 fully saturated rings. The summed E-state index contributed by atoms with van der Waals surface area (Å²) in [5.41, 5.74) is 0.700. The highest BCUT2D eigenvalue weighted by Crippen LogP contribution is 2.31. The van der Waals surface area contributed by atoms with E-state index in [0.717, 1.165) is 29.1 Å². The Morgan fingerprint density at radius 2 is 1.72 bits per heavy atom. The molecule has 32 heavy (non-hydrogen) atoms. The number of hydrogen-bond donors (Lipinski definition) is 1. The van der Waals surface area contributed by atoms with E-state index in [-0.39, 0.29) is 12.3 Å². The fraction of sp³-hybridized carbons (Fsp3) is 0.0870. The molecule has 0 aliphatic heterocycles. The maximum absolute atomic E-state index is 12.9. The van der Waals surface area contributed by atoms with Crippen LogP contribution in [0.1, 0.15) is 11.1 Å². The van der Waals surface area contributed by atoms with Crippen molar-refractivity contribution < 1.29 is 26.3 Å². The van der Waals surface area contributed by atoms with Crippen LogP contribution in [0.25, 0.3) is 10.9 Å². The van der Waals surface area contributed by atoms with Crippen LogP contribution in [0.2, 0.25) is 0 Å². The van der Waals surface area contributed by atoms with Gasteiger partial charge in [-0.15, -0.1) is 0 Å². The summed E-state index contributed by atoms with van der Waals surface area (Å²) in [6.07, 6.45) is -2.93. The molecule has 9 heteroatoms. The Balaban J connectivity index is 1.49. The zero-order valence-corrected chi connectivity index (χ0v) is 17.3. The molecule has 0 bridgehead atoms. The average Bonchev–Trinajstić information content (AvgIpc) is 2.77. The molecule has 0 saturated carbocycles. The van der Waals surface area contributed by atoms with Crippen LogP contribution >= 0.6 is 0 Å². The molecular weight excluding hydrogens is 441 g/mol. The predicted molar refractivity (Wildman–Crippen MR) is 115 cm³/mol. The molecule has 0 atom stereocenters. The minimum Gasteiger partial charge on any atom is -0.489 e. The van der Waals surface area contributed by atoms with Crippen LogP contribution in [-0.2, 0) is 22.8 Å². The molecule has 0 aliphatic carbocycles. The molecular formula is C23H17F3N2O3S. The van der Waals surface area contributed by atoms with Gasteiger partial charge in [-0.3, -0.25) is 9.71 Å². The molecule has 3 aromatic carbocycles. The Labute approximate surface area is 182 Å². The van der Waals surface area contributed by atoms with Crippen molar-refractivity contribution in [3.63, 3.8) is 0 Å². The lowest BCUT2D eigenvalue weighted by atomic mass is 10.2. The van der Waals surface area contributed by atoms with Crippen molar-refractivity contribution in [1.82, 2.24) is 4.98 Å². The second-order valence-corrected chi connectivity index (χ2v) is 8.66. The van der Waals surface area contributed by atoms with Crippen LogP contribution in [0.4, 0.5) is 18.9 Å². The number of benzene rings is 3. The monoisotopic (exact) mass is 458 g/mol. The second-order valence-electron chi connectivity index (χ2n) is 6.98. The maximum atomic E-state index is 12.9. The number of aromatic nitrogens is 1. The summed E-state index contributed by atoms with van der Waals surface area (Å²) in [6, 6.07) is 19.3. The highest BCUT2D eigenvalue weighted by Gasteiger charge is 2.31. The van der Waals surface area contributed by atoms with Crippen molar-refractivity contribution in [2.24, 2.45) is 0 Å². The van der Waals surface area contributed by atoms with E-state index in [1.165, 1.54) is 6.07 Å². The Morgan fingerprint density at radius 3 is 2.53 bits per heavy atom. The summed E-state index contributed by atoms with van der Waals surface area (Å²) in [5.74, 6) is 0.625. The van der Waals surface area contributed by atoms with Gasteiger partial charge in [0.2, 0.25) is 0 Å². The highest BCUT2D eigenvalue weighted by molar-refractivity contribution is 7.92. The van der Waals surface area contributed by atoms with E-state index >= 15 is 0 Å². The normalized spacial score (nSPS) is 12.0. The quantitative estimate of drug-likeness (QED) is 0.406. The maximum Gasteiger partial charge on any atom is 0.416 e. The van der Waals surface area contributed by atoms with Crippen molar-refractivity contribution in [3.05, 3.63) is 96.2 Å². The lowest BCUT2D eigenvalue weighted by Gasteiger charge is -2.12. The van der Waals surface area contributed by atoms with Crippen molar-refractivity contribution in [2.45, 2.75) is 17.7 Å². The zero-order chi connectivity index (χ0) is 22.8. The number of alkyl halides is 3. The van der Waals surface area contributed by atoms with Crippen molar-refractivity contribution in [3.8, 4) is 5.75 Å². The summed E-state index contributed by atoms with van der Waals surface area (Å²) in [5, 5.41) is 0.924. The molecule has 4 rings (SSSR count). The minimum absolute atomic E-state index is 0.172. The summed E-state index contributed by atoms with van der Waals surface area (Å²) < 4.78 is 72.0. The summed E-state index contributed by atoms with van der Waals surface area (Å²) >= 11 is 0. The molecule has 4 aromatic rings. The number of nitrogens with one attached hydrogen (secondary N) is 1. The van der Waals surface area contributed by atoms with Crippen LogP contribution in [0.5, 0.6) is 5.75 Å². The van der Waals surface area contributed by atoms with Crippen molar-refractivity contribution >= 4 is 26.6 Å². The SMILES string of the molecule is O=S(=O)(Nc1cccc(COc2ccc3ncccc3c2)c1)c1cccc(C(F)(F)F)c1. The van der Waals surface area contributed by atoms with Gasteiger partial charge in [0.25, 0.3) is 10.0 Å². The number of ether oxygens (including phenoxy) is 1. The van der Waals surface area contributed by atoms with E-state index in [4.69, 9.17) is 4.74 Å². The fourth-order valence-corrected chi connectivity index (χ4v) is 4.18. The van der Waals surface area contributed by atoms with E-state index in [0.29, 0.717) is 17.4 Å². The molecule has 0 unspecified atom stereocenters. The van der Waals surface area contributed by atoms with E-state index in [2.05, 4.69) is 9.71 Å². The smallest absolute Gasteiger partial charge is 0.416 e. The number of fused-ring (bicyclic) bond motifs is 1. The first-order chi connectivity index (χ1) is 15.2. The summed E-state index contributed by atoms with van der Waals surface area (Å²) in [6.45, 7) is 0.172. The number of hydrogen-bond acceptors (Lipinski definition) is 4. The second kappa shape index (κ2) is 8.51. The van der Waals surface area contributed by atoms with E-state index in [1.807, 2.05) is 24.3 Å². The average molecular weight is 458 g/mol. The summed E-state index contributed by atoms with van der Waals surface area (Å²) in [4.78, 5) is 3.77. The zero-order valence-electron chi connectivity index (χ0n) is 16.5. The van der Waals surface area contributed by atoms with Crippen LogP contribution in [0.3, 0.4) is 0 Å². The molecule has 0 amide bonds. The van der Waals surface area contributed by atoms with Crippen LogP contribution in [0, 0.1) is 0 Å². The highest BCUT2D eigenvalue weighted by atomic mass is 32.2. The van der Waals surface area contributed by atoms with E-state index in [1.54, 1.807) is 30.5 Å². The molecule has 0 saturated heterocycles. The predicted octanol–water partition coefficient (Wildman–Crippen LogP) is 5.63. The molecule has 164 valence electrons. The third-order valence-electron chi connectivity index (χ3n) is 4.63. The van der Waals surface area contributed by atoms with Gasteiger partial charge in [-0.25, -0.2) is 8.42 Å². The molecule has 5 nitrogen and oxygen atoms in total. The number of rotatable bonds is 6. The molecule has 1 N–H and O–H groups in total. The number of pyridine rings is 1. The largest absolute Gasteiger partial charge is 0.489 e. The van der Waals surface area contributed by atoms with Gasteiger partial charge in [0.15, 0.2) is 0 Å². The standard InChI is InChI=1S/C23H17F3N2O3S/c24-23(25,26)18-6-2-8-21(14-18)32(29,30)28-19-7-1-4-16(12-19)15-31-20-9-10-22-17(13-20)5-3-11-27-22/h1-14,28H,15H2. The van der Waals surface area contributed by atoms with Gasteiger partial charge >= 0.3 is 6.18 Å². The lowest BCUT2D eigenvalue weighted by molar-refractivity contribution is -0.137. The van der Waals surface area contributed by atoms with Crippen LogP contribution in [0.15, 0.2) is 90.0 Å². The van der Waals surface area contributed by atoms with Gasteiger partial charge in [-0.2, -0.15) is 13.2 Å². The van der Waals surface area contributed by atoms with E-state index < -0.39 is 26.7 Å². The number of nitrogens with zero attached hydrogens (tertiary/aromatic N) is 1. The van der Waals surface area contributed by atoms with Gasteiger partial charge in [-0.1, -0.05) is 24.3 Å². The number of anilines is 1. The fourth-order valence-electron chi connectivity index (χ4n) is 3.09.